The monoisotopic (exact) mass is 330 g/mol. The topological polar surface area (TPSA) is 41.8 Å². The van der Waals surface area contributed by atoms with Gasteiger partial charge < -0.3 is 9.40 Å². The van der Waals surface area contributed by atoms with Crippen molar-refractivity contribution in [3.63, 3.8) is 0 Å². The first-order valence-corrected chi connectivity index (χ1v) is 6.05. The lowest BCUT2D eigenvalue weighted by atomic mass is 10.2. The molecule has 19 heavy (non-hydrogen) atoms. The molecule has 1 N–H and O–H groups in total. The van der Waals surface area contributed by atoms with E-state index in [4.69, 9.17) is 4.42 Å². The third-order valence-corrected chi connectivity index (χ3v) is 3.30. The molecule has 0 unspecified atom stereocenters. The first kappa shape index (κ1) is 12.3. The summed E-state index contributed by atoms with van der Waals surface area (Å²) in [5.74, 6) is 0.454. The lowest BCUT2D eigenvalue weighted by Crippen LogP contribution is -2.04. The van der Waals surface area contributed by atoms with Crippen LogP contribution >= 0.6 is 15.9 Å². The summed E-state index contributed by atoms with van der Waals surface area (Å²) < 4.78 is 43.4. The average molecular weight is 331 g/mol. The summed E-state index contributed by atoms with van der Waals surface area (Å²) >= 11 is 3.20. The van der Waals surface area contributed by atoms with Crippen LogP contribution in [0, 0.1) is 0 Å². The number of hydrogen-bond donors (Lipinski definition) is 1. The molecule has 2 heterocycles. The standard InChI is InChI=1S/C12H6BrF3N2O/c13-10-7(3-4-19-10)11-17-8-2-1-6(12(14,15)16)5-9(8)18-11/h1-5H,(H,17,18). The molecule has 2 aromatic heterocycles. The van der Waals surface area contributed by atoms with Crippen molar-refractivity contribution in [2.45, 2.75) is 6.18 Å². The van der Waals surface area contributed by atoms with E-state index in [1.807, 2.05) is 0 Å². The molecule has 1 aromatic carbocycles. The summed E-state index contributed by atoms with van der Waals surface area (Å²) in [5.41, 5.74) is 0.750. The van der Waals surface area contributed by atoms with E-state index >= 15 is 0 Å². The van der Waals surface area contributed by atoms with Crippen molar-refractivity contribution in [3.8, 4) is 11.4 Å². The van der Waals surface area contributed by atoms with Gasteiger partial charge in [0, 0.05) is 0 Å². The van der Waals surface area contributed by atoms with Gasteiger partial charge in [-0.2, -0.15) is 13.2 Å². The predicted molar refractivity (Wildman–Crippen MR) is 66.5 cm³/mol. The molecule has 0 saturated carbocycles. The summed E-state index contributed by atoms with van der Waals surface area (Å²) in [6, 6.07) is 5.07. The number of nitrogens with one attached hydrogen (secondary N) is 1. The van der Waals surface area contributed by atoms with Gasteiger partial charge in [0.25, 0.3) is 0 Å². The molecule has 98 valence electrons. The molecule has 0 saturated heterocycles. The Morgan fingerprint density at radius 2 is 2.00 bits per heavy atom. The van der Waals surface area contributed by atoms with Gasteiger partial charge in [0.15, 0.2) is 4.67 Å². The maximum absolute atomic E-state index is 12.6. The van der Waals surface area contributed by atoms with E-state index in [-0.39, 0.29) is 0 Å². The minimum Gasteiger partial charge on any atom is -0.457 e. The Labute approximate surface area is 113 Å². The highest BCUT2D eigenvalue weighted by Crippen LogP contribution is 2.33. The Morgan fingerprint density at radius 3 is 2.63 bits per heavy atom. The minimum absolute atomic E-state index is 0.331. The van der Waals surface area contributed by atoms with Crippen molar-refractivity contribution in [1.82, 2.24) is 9.97 Å². The first-order chi connectivity index (χ1) is 8.95. The zero-order valence-electron chi connectivity index (χ0n) is 9.25. The van der Waals surface area contributed by atoms with Crippen molar-refractivity contribution in [2.24, 2.45) is 0 Å². The van der Waals surface area contributed by atoms with E-state index in [1.54, 1.807) is 6.07 Å². The van der Waals surface area contributed by atoms with Gasteiger partial charge in [-0.15, -0.1) is 0 Å². The van der Waals surface area contributed by atoms with Gasteiger partial charge in [0.1, 0.15) is 5.82 Å². The number of hydrogen-bond acceptors (Lipinski definition) is 2. The fourth-order valence-electron chi connectivity index (χ4n) is 1.78. The van der Waals surface area contributed by atoms with Crippen LogP contribution < -0.4 is 0 Å². The number of H-pyrrole nitrogens is 1. The highest BCUT2D eigenvalue weighted by molar-refractivity contribution is 9.10. The molecular formula is C12H6BrF3N2O. The summed E-state index contributed by atoms with van der Waals surface area (Å²) in [5, 5.41) is 0. The minimum atomic E-state index is -4.37. The highest BCUT2D eigenvalue weighted by atomic mass is 79.9. The molecular weight excluding hydrogens is 325 g/mol. The molecule has 0 aliphatic rings. The van der Waals surface area contributed by atoms with E-state index < -0.39 is 11.7 Å². The second kappa shape index (κ2) is 4.12. The Hall–Kier alpha value is -1.76. The quantitative estimate of drug-likeness (QED) is 0.708. The van der Waals surface area contributed by atoms with Crippen molar-refractivity contribution in [2.75, 3.05) is 0 Å². The number of rotatable bonds is 1. The van der Waals surface area contributed by atoms with Crippen LogP contribution in [0.25, 0.3) is 22.4 Å². The van der Waals surface area contributed by atoms with Crippen LogP contribution in [0.5, 0.6) is 0 Å². The largest absolute Gasteiger partial charge is 0.457 e. The van der Waals surface area contributed by atoms with Crippen molar-refractivity contribution in [3.05, 3.63) is 40.8 Å². The van der Waals surface area contributed by atoms with Gasteiger partial charge in [0.05, 0.1) is 28.4 Å². The number of halogens is 4. The second-order valence-corrected chi connectivity index (χ2v) is 4.64. The lowest BCUT2D eigenvalue weighted by Gasteiger charge is -2.05. The number of fused-ring (bicyclic) bond motifs is 1. The fourth-order valence-corrected chi connectivity index (χ4v) is 2.20. The van der Waals surface area contributed by atoms with Gasteiger partial charge >= 0.3 is 6.18 Å². The van der Waals surface area contributed by atoms with Crippen LogP contribution in [0.3, 0.4) is 0 Å². The zero-order chi connectivity index (χ0) is 13.6. The molecule has 0 spiro atoms. The Morgan fingerprint density at radius 1 is 1.21 bits per heavy atom. The molecule has 0 aliphatic heterocycles. The number of benzene rings is 1. The van der Waals surface area contributed by atoms with E-state index in [1.165, 1.54) is 12.3 Å². The van der Waals surface area contributed by atoms with Crippen molar-refractivity contribution >= 4 is 27.0 Å². The maximum Gasteiger partial charge on any atom is 0.416 e. The fraction of sp³-hybridized carbons (Fsp3) is 0.0833. The zero-order valence-corrected chi connectivity index (χ0v) is 10.8. The molecule has 0 aliphatic carbocycles. The van der Waals surface area contributed by atoms with Gasteiger partial charge in [-0.1, -0.05) is 0 Å². The third kappa shape index (κ3) is 2.14. The molecule has 0 bridgehead atoms. The summed E-state index contributed by atoms with van der Waals surface area (Å²) in [7, 11) is 0. The van der Waals surface area contributed by atoms with E-state index in [0.717, 1.165) is 12.1 Å². The Kier molecular flexibility index (Phi) is 2.67. The Bertz CT molecular complexity index is 745. The summed E-state index contributed by atoms with van der Waals surface area (Å²) in [6.45, 7) is 0. The second-order valence-electron chi connectivity index (χ2n) is 3.92. The smallest absolute Gasteiger partial charge is 0.416 e. The number of imidazole rings is 1. The lowest BCUT2D eigenvalue weighted by molar-refractivity contribution is -0.137. The summed E-state index contributed by atoms with van der Waals surface area (Å²) in [4.78, 5) is 7.08. The van der Waals surface area contributed by atoms with Crippen LogP contribution in [0.1, 0.15) is 5.56 Å². The average Bonchev–Trinajstić information content (AvgIpc) is 2.91. The number of alkyl halides is 3. The van der Waals surface area contributed by atoms with Crippen molar-refractivity contribution < 1.29 is 17.6 Å². The molecule has 0 radical (unpaired) electrons. The molecule has 0 amide bonds. The van der Waals surface area contributed by atoms with Crippen LogP contribution in [-0.2, 0) is 6.18 Å². The van der Waals surface area contributed by atoms with Crippen LogP contribution in [0.2, 0.25) is 0 Å². The van der Waals surface area contributed by atoms with Gasteiger partial charge in [-0.3, -0.25) is 0 Å². The molecule has 0 fully saturated rings. The molecule has 7 heteroatoms. The third-order valence-electron chi connectivity index (χ3n) is 2.68. The van der Waals surface area contributed by atoms with Crippen LogP contribution in [0.4, 0.5) is 13.2 Å². The number of furan rings is 1. The highest BCUT2D eigenvalue weighted by Gasteiger charge is 2.30. The number of aromatic amines is 1. The molecule has 0 atom stereocenters. The van der Waals surface area contributed by atoms with Crippen LogP contribution in [-0.4, -0.2) is 9.97 Å². The first-order valence-electron chi connectivity index (χ1n) is 5.25. The predicted octanol–water partition coefficient (Wildman–Crippen LogP) is 4.60. The van der Waals surface area contributed by atoms with E-state index in [2.05, 4.69) is 25.9 Å². The van der Waals surface area contributed by atoms with Gasteiger partial charge in [-0.05, 0) is 40.2 Å². The Balaban J connectivity index is 2.14. The number of nitrogens with zero attached hydrogens (tertiary/aromatic N) is 1. The van der Waals surface area contributed by atoms with Crippen molar-refractivity contribution in [1.29, 1.82) is 0 Å². The van der Waals surface area contributed by atoms with Gasteiger partial charge in [0.2, 0.25) is 0 Å². The number of aromatic nitrogens is 2. The van der Waals surface area contributed by atoms with Crippen LogP contribution in [0.15, 0.2) is 39.6 Å². The molecule has 3 rings (SSSR count). The SMILES string of the molecule is FC(F)(F)c1ccc2nc(-c3ccoc3Br)[nH]c2c1. The normalized spacial score (nSPS) is 12.2. The summed E-state index contributed by atoms with van der Waals surface area (Å²) in [6.07, 6.45) is -2.90. The van der Waals surface area contributed by atoms with E-state index in [0.29, 0.717) is 27.1 Å². The molecule has 3 aromatic rings. The maximum atomic E-state index is 12.6. The van der Waals surface area contributed by atoms with E-state index in [9.17, 15) is 13.2 Å². The van der Waals surface area contributed by atoms with Gasteiger partial charge in [-0.25, -0.2) is 4.98 Å². The molecule has 3 nitrogen and oxygen atoms in total.